The number of thioether (sulfide) groups is 1. The van der Waals surface area contributed by atoms with Gasteiger partial charge in [-0.1, -0.05) is 48.2 Å². The number of piperidine rings is 1. The van der Waals surface area contributed by atoms with E-state index in [4.69, 9.17) is 4.74 Å². The predicted octanol–water partition coefficient (Wildman–Crippen LogP) is 4.14. The molecule has 1 amide bonds. The fourth-order valence-corrected chi connectivity index (χ4v) is 5.67. The maximum atomic E-state index is 13.1. The lowest BCUT2D eigenvalue weighted by atomic mass is 10.0. The predicted molar refractivity (Wildman–Crippen MR) is 132 cm³/mol. The SMILES string of the molecule is COCc1nc2cccc3n2c1C=C(C(=O)NC1CCN(CCCc2ccccc2)CC1)S3. The summed E-state index contributed by atoms with van der Waals surface area (Å²) in [6.07, 6.45) is 6.25. The molecule has 4 heterocycles. The summed E-state index contributed by atoms with van der Waals surface area (Å²) < 4.78 is 7.43. The third-order valence-electron chi connectivity index (χ3n) is 6.41. The summed E-state index contributed by atoms with van der Waals surface area (Å²) in [5, 5.41) is 4.29. The summed E-state index contributed by atoms with van der Waals surface area (Å²) in [5.74, 6) is 0.00958. The van der Waals surface area contributed by atoms with Crippen LogP contribution in [0.2, 0.25) is 0 Å². The number of methoxy groups -OCH3 is 1. The molecule has 2 aliphatic heterocycles. The van der Waals surface area contributed by atoms with Gasteiger partial charge in [0.25, 0.3) is 5.91 Å². The number of ether oxygens (including phenoxy) is 1. The highest BCUT2D eigenvalue weighted by molar-refractivity contribution is 8.04. The molecule has 5 rings (SSSR count). The van der Waals surface area contributed by atoms with Gasteiger partial charge < -0.3 is 15.0 Å². The van der Waals surface area contributed by atoms with Crippen LogP contribution in [0.25, 0.3) is 11.7 Å². The van der Waals surface area contributed by atoms with Crippen LogP contribution in [-0.2, 0) is 22.6 Å². The maximum absolute atomic E-state index is 13.1. The zero-order valence-electron chi connectivity index (χ0n) is 19.0. The summed E-state index contributed by atoms with van der Waals surface area (Å²) >= 11 is 1.51. The number of nitrogens with zero attached hydrogens (tertiary/aromatic N) is 3. The van der Waals surface area contributed by atoms with Gasteiger partial charge in [0, 0.05) is 26.2 Å². The van der Waals surface area contributed by atoms with Crippen molar-refractivity contribution in [3.63, 3.8) is 0 Å². The number of pyridine rings is 1. The Morgan fingerprint density at radius 3 is 2.76 bits per heavy atom. The van der Waals surface area contributed by atoms with Crippen LogP contribution < -0.4 is 5.32 Å². The maximum Gasteiger partial charge on any atom is 0.258 e. The van der Waals surface area contributed by atoms with Crippen LogP contribution in [0, 0.1) is 0 Å². The Bertz CT molecular complexity index is 1150. The van der Waals surface area contributed by atoms with Crippen molar-refractivity contribution in [1.82, 2.24) is 19.6 Å². The van der Waals surface area contributed by atoms with Crippen molar-refractivity contribution in [1.29, 1.82) is 0 Å². The number of amides is 1. The van der Waals surface area contributed by atoms with Gasteiger partial charge in [-0.3, -0.25) is 9.20 Å². The number of aromatic nitrogens is 2. The van der Waals surface area contributed by atoms with Gasteiger partial charge in [0.1, 0.15) is 5.65 Å². The number of carbonyl (C=O) groups is 1. The Morgan fingerprint density at radius 1 is 1.15 bits per heavy atom. The highest BCUT2D eigenvalue weighted by atomic mass is 32.2. The van der Waals surface area contributed by atoms with Crippen molar-refractivity contribution in [2.45, 2.75) is 43.4 Å². The Kier molecular flexibility index (Phi) is 6.80. The average Bonchev–Trinajstić information content (AvgIpc) is 3.20. The molecule has 0 radical (unpaired) electrons. The Hall–Kier alpha value is -2.61. The van der Waals surface area contributed by atoms with Crippen molar-refractivity contribution >= 4 is 29.4 Å². The van der Waals surface area contributed by atoms with Gasteiger partial charge in [-0.25, -0.2) is 4.98 Å². The number of benzene rings is 1. The number of aryl methyl sites for hydroxylation is 1. The number of carbonyl (C=O) groups excluding carboxylic acids is 1. The monoisotopic (exact) mass is 462 g/mol. The normalized spacial score (nSPS) is 16.7. The van der Waals surface area contributed by atoms with Gasteiger partial charge >= 0.3 is 0 Å². The van der Waals surface area contributed by atoms with Crippen LogP contribution in [0.1, 0.15) is 36.2 Å². The number of rotatable bonds is 8. The molecular formula is C26H30N4O2S. The van der Waals surface area contributed by atoms with Crippen LogP contribution in [0.4, 0.5) is 0 Å². The molecular weight excluding hydrogens is 432 g/mol. The Labute approximate surface area is 199 Å². The van der Waals surface area contributed by atoms with Crippen molar-refractivity contribution in [3.8, 4) is 0 Å². The van der Waals surface area contributed by atoms with Crippen molar-refractivity contribution in [2.24, 2.45) is 0 Å². The molecule has 1 aromatic carbocycles. The number of nitrogens with one attached hydrogen (secondary N) is 1. The first-order chi connectivity index (χ1) is 16.2. The molecule has 172 valence electrons. The summed E-state index contributed by atoms with van der Waals surface area (Å²) in [7, 11) is 1.67. The second kappa shape index (κ2) is 10.1. The molecule has 0 aliphatic carbocycles. The standard InChI is InChI=1S/C26H30N4O2S/c1-32-18-21-22-17-23(33-25-11-5-10-24(28-21)30(22)25)26(31)27-20-12-15-29(16-13-20)14-6-9-19-7-3-2-4-8-19/h2-5,7-8,10-11,17,20H,6,9,12-16,18H2,1H3,(H,27,31). The fourth-order valence-electron chi connectivity index (χ4n) is 4.69. The molecule has 1 saturated heterocycles. The summed E-state index contributed by atoms with van der Waals surface area (Å²) in [6, 6.07) is 16.9. The molecule has 0 bridgehead atoms. The lowest BCUT2D eigenvalue weighted by Crippen LogP contribution is -2.45. The van der Waals surface area contributed by atoms with E-state index in [1.807, 2.05) is 24.3 Å². The van der Waals surface area contributed by atoms with Gasteiger partial charge in [-0.05, 0) is 56.0 Å². The van der Waals surface area contributed by atoms with E-state index in [2.05, 4.69) is 49.9 Å². The van der Waals surface area contributed by atoms with Crippen molar-refractivity contribution in [3.05, 3.63) is 70.4 Å². The molecule has 33 heavy (non-hydrogen) atoms. The molecule has 3 aromatic rings. The van der Waals surface area contributed by atoms with E-state index in [0.29, 0.717) is 6.61 Å². The van der Waals surface area contributed by atoms with E-state index in [1.54, 1.807) is 7.11 Å². The highest BCUT2D eigenvalue weighted by Crippen LogP contribution is 2.36. The van der Waals surface area contributed by atoms with Crippen LogP contribution >= 0.6 is 11.8 Å². The van der Waals surface area contributed by atoms with Crippen LogP contribution in [-0.4, -0.2) is 53.0 Å². The van der Waals surface area contributed by atoms with E-state index >= 15 is 0 Å². The minimum atomic E-state index is 0.00958. The van der Waals surface area contributed by atoms with Crippen LogP contribution in [0.5, 0.6) is 0 Å². The van der Waals surface area contributed by atoms with Crippen LogP contribution in [0.15, 0.2) is 58.5 Å². The van der Waals surface area contributed by atoms with Gasteiger partial charge in [0.05, 0.1) is 27.9 Å². The smallest absolute Gasteiger partial charge is 0.258 e. The minimum absolute atomic E-state index is 0.00958. The minimum Gasteiger partial charge on any atom is -0.378 e. The number of hydrogen-bond donors (Lipinski definition) is 1. The largest absolute Gasteiger partial charge is 0.378 e. The first-order valence-electron chi connectivity index (χ1n) is 11.7. The second-order valence-electron chi connectivity index (χ2n) is 8.72. The summed E-state index contributed by atoms with van der Waals surface area (Å²) in [5.41, 5.74) is 4.10. The molecule has 0 saturated carbocycles. The van der Waals surface area contributed by atoms with E-state index < -0.39 is 0 Å². The molecule has 1 N–H and O–H groups in total. The number of hydrogen-bond acceptors (Lipinski definition) is 5. The molecule has 0 unspecified atom stereocenters. The highest BCUT2D eigenvalue weighted by Gasteiger charge is 2.26. The Balaban J connectivity index is 1.16. The second-order valence-corrected chi connectivity index (χ2v) is 9.79. The quantitative estimate of drug-likeness (QED) is 0.545. The third kappa shape index (κ3) is 5.00. The number of imidazole rings is 1. The summed E-state index contributed by atoms with van der Waals surface area (Å²) in [4.78, 5) is 21.0. The van der Waals surface area contributed by atoms with Crippen molar-refractivity contribution < 1.29 is 9.53 Å². The van der Waals surface area contributed by atoms with Gasteiger partial charge in [-0.2, -0.15) is 0 Å². The first-order valence-corrected chi connectivity index (χ1v) is 12.5. The number of likely N-dealkylation sites (tertiary alicyclic amines) is 1. The fraction of sp³-hybridized carbons (Fsp3) is 0.385. The zero-order valence-corrected chi connectivity index (χ0v) is 19.8. The average molecular weight is 463 g/mol. The van der Waals surface area contributed by atoms with Gasteiger partial charge in [0.15, 0.2) is 0 Å². The van der Waals surface area contributed by atoms with Gasteiger partial charge in [0.2, 0.25) is 0 Å². The molecule has 2 aliphatic rings. The van der Waals surface area contributed by atoms with E-state index in [9.17, 15) is 4.79 Å². The summed E-state index contributed by atoms with van der Waals surface area (Å²) in [6.45, 7) is 3.62. The first kappa shape index (κ1) is 22.2. The third-order valence-corrected chi connectivity index (χ3v) is 7.46. The van der Waals surface area contributed by atoms with Crippen LogP contribution in [0.3, 0.4) is 0 Å². The molecule has 0 atom stereocenters. The molecule has 6 nitrogen and oxygen atoms in total. The molecule has 0 spiro atoms. The van der Waals surface area contributed by atoms with E-state index in [-0.39, 0.29) is 11.9 Å². The van der Waals surface area contributed by atoms with Gasteiger partial charge in [-0.15, -0.1) is 0 Å². The topological polar surface area (TPSA) is 58.9 Å². The molecule has 1 fully saturated rings. The van der Waals surface area contributed by atoms with Crippen molar-refractivity contribution in [2.75, 3.05) is 26.7 Å². The Morgan fingerprint density at radius 2 is 1.97 bits per heavy atom. The lowest BCUT2D eigenvalue weighted by Gasteiger charge is -2.32. The molecule has 7 heteroatoms. The zero-order chi connectivity index (χ0) is 22.6. The van der Waals surface area contributed by atoms with E-state index in [0.717, 1.165) is 65.9 Å². The molecule has 2 aromatic heterocycles. The van der Waals surface area contributed by atoms with E-state index in [1.165, 1.54) is 23.7 Å². The lowest BCUT2D eigenvalue weighted by molar-refractivity contribution is -0.117.